The number of hydrogen-bond acceptors (Lipinski definition) is 2. The topological polar surface area (TPSA) is 52.6 Å². The average molecular weight is 288 g/mol. The van der Waals surface area contributed by atoms with Gasteiger partial charge in [0.2, 0.25) is 0 Å². The summed E-state index contributed by atoms with van der Waals surface area (Å²) in [5.74, 6) is 0. The van der Waals surface area contributed by atoms with Crippen molar-refractivity contribution in [3.8, 4) is 0 Å². The van der Waals surface area contributed by atoms with Gasteiger partial charge in [-0.05, 0) is 18.1 Å². The van der Waals surface area contributed by atoms with E-state index in [9.17, 15) is 18.0 Å². The van der Waals surface area contributed by atoms with Crippen molar-refractivity contribution < 1.29 is 23.1 Å². The molecule has 1 fully saturated rings. The molecule has 1 aliphatic heterocycles. The maximum Gasteiger partial charge on any atom is 0.416 e. The van der Waals surface area contributed by atoms with Crippen LogP contribution in [0.25, 0.3) is 0 Å². The molecule has 1 heterocycles. The van der Waals surface area contributed by atoms with Crippen molar-refractivity contribution in [2.24, 2.45) is 0 Å². The first-order valence-electron chi connectivity index (χ1n) is 6.25. The van der Waals surface area contributed by atoms with E-state index in [0.717, 1.165) is 6.07 Å². The molecule has 1 unspecified atom stereocenters. The second kappa shape index (κ2) is 5.70. The maximum atomic E-state index is 12.9. The Labute approximate surface area is 114 Å². The van der Waals surface area contributed by atoms with Crippen LogP contribution in [0.1, 0.15) is 11.1 Å². The normalized spacial score (nSPS) is 19.9. The standard InChI is InChI=1S/C13H15F3N2O2/c14-13(15,16)11-4-2-1-3-9(11)7-10-8-17-5-6-18(10)12(19)20/h1-4,10,17H,5-8H2,(H,19,20). The van der Waals surface area contributed by atoms with E-state index in [2.05, 4.69) is 5.32 Å². The number of halogens is 3. The maximum absolute atomic E-state index is 12.9. The van der Waals surface area contributed by atoms with E-state index in [0.29, 0.717) is 13.1 Å². The molecule has 0 aromatic heterocycles. The third-order valence-corrected chi connectivity index (χ3v) is 3.37. The number of piperazine rings is 1. The van der Waals surface area contributed by atoms with Crippen molar-refractivity contribution in [2.75, 3.05) is 19.6 Å². The minimum absolute atomic E-state index is 0.0506. The van der Waals surface area contributed by atoms with E-state index in [1.807, 2.05) is 0 Å². The third kappa shape index (κ3) is 3.22. The summed E-state index contributed by atoms with van der Waals surface area (Å²) in [5.41, 5.74) is -0.573. The van der Waals surface area contributed by atoms with Gasteiger partial charge in [0.05, 0.1) is 11.6 Å². The fraction of sp³-hybridized carbons (Fsp3) is 0.462. The summed E-state index contributed by atoms with van der Waals surface area (Å²) in [6.07, 6.45) is -5.47. The molecule has 0 aliphatic carbocycles. The van der Waals surface area contributed by atoms with Gasteiger partial charge in [-0.25, -0.2) is 4.79 Å². The number of hydrogen-bond donors (Lipinski definition) is 2. The smallest absolute Gasteiger partial charge is 0.416 e. The molecule has 1 aliphatic rings. The van der Waals surface area contributed by atoms with E-state index in [1.165, 1.54) is 23.1 Å². The predicted octanol–water partition coefficient (Wildman–Crippen LogP) is 2.20. The molecule has 1 aromatic carbocycles. The van der Waals surface area contributed by atoms with Crippen molar-refractivity contribution in [1.29, 1.82) is 0 Å². The Bertz CT molecular complexity index is 491. The van der Waals surface area contributed by atoms with E-state index >= 15 is 0 Å². The van der Waals surface area contributed by atoms with Crippen LogP contribution in [0.15, 0.2) is 24.3 Å². The Hall–Kier alpha value is -1.76. The molecule has 1 aromatic rings. The van der Waals surface area contributed by atoms with Crippen LogP contribution in [0.3, 0.4) is 0 Å². The summed E-state index contributed by atoms with van der Waals surface area (Å²) in [5, 5.41) is 12.1. The minimum atomic E-state index is -4.42. The fourth-order valence-corrected chi connectivity index (χ4v) is 2.42. The van der Waals surface area contributed by atoms with Crippen LogP contribution in [0, 0.1) is 0 Å². The van der Waals surface area contributed by atoms with Crippen LogP contribution in [0.2, 0.25) is 0 Å². The molecule has 1 atom stereocenters. The largest absolute Gasteiger partial charge is 0.465 e. The second-order valence-electron chi connectivity index (χ2n) is 4.69. The van der Waals surface area contributed by atoms with E-state index in [-0.39, 0.29) is 18.5 Å². The lowest BCUT2D eigenvalue weighted by atomic mass is 9.98. The Kier molecular flexibility index (Phi) is 4.17. The number of carboxylic acid groups (broad SMARTS) is 1. The van der Waals surface area contributed by atoms with Crippen molar-refractivity contribution in [1.82, 2.24) is 10.2 Å². The van der Waals surface area contributed by atoms with Crippen LogP contribution in [-0.2, 0) is 12.6 Å². The molecule has 4 nitrogen and oxygen atoms in total. The Morgan fingerprint density at radius 1 is 1.40 bits per heavy atom. The molecule has 2 rings (SSSR count). The zero-order valence-corrected chi connectivity index (χ0v) is 10.7. The van der Waals surface area contributed by atoms with E-state index in [4.69, 9.17) is 5.11 Å². The molecule has 110 valence electrons. The number of nitrogens with one attached hydrogen (secondary N) is 1. The van der Waals surface area contributed by atoms with Crippen LogP contribution < -0.4 is 5.32 Å². The third-order valence-electron chi connectivity index (χ3n) is 3.37. The first-order chi connectivity index (χ1) is 9.39. The van der Waals surface area contributed by atoms with Gasteiger partial charge in [0, 0.05) is 19.6 Å². The highest BCUT2D eigenvalue weighted by Gasteiger charge is 2.35. The van der Waals surface area contributed by atoms with Gasteiger partial charge >= 0.3 is 12.3 Å². The molecule has 1 saturated heterocycles. The summed E-state index contributed by atoms with van der Waals surface area (Å²) in [7, 11) is 0. The summed E-state index contributed by atoms with van der Waals surface area (Å²) in [6.45, 7) is 1.16. The summed E-state index contributed by atoms with van der Waals surface area (Å²) in [6, 6.07) is 4.81. The minimum Gasteiger partial charge on any atom is -0.465 e. The zero-order chi connectivity index (χ0) is 14.8. The summed E-state index contributed by atoms with van der Waals surface area (Å²) < 4.78 is 38.7. The highest BCUT2D eigenvalue weighted by molar-refractivity contribution is 5.65. The molecule has 1 amide bonds. The molecule has 7 heteroatoms. The van der Waals surface area contributed by atoms with Crippen LogP contribution in [0.4, 0.5) is 18.0 Å². The van der Waals surface area contributed by atoms with Gasteiger partial charge in [0.1, 0.15) is 0 Å². The molecular weight excluding hydrogens is 273 g/mol. The van der Waals surface area contributed by atoms with Gasteiger partial charge in [-0.15, -0.1) is 0 Å². The number of benzene rings is 1. The first kappa shape index (κ1) is 14.6. The highest BCUT2D eigenvalue weighted by Crippen LogP contribution is 2.32. The molecule has 0 radical (unpaired) electrons. The average Bonchev–Trinajstić information content (AvgIpc) is 2.38. The van der Waals surface area contributed by atoms with E-state index in [1.54, 1.807) is 0 Å². The highest BCUT2D eigenvalue weighted by atomic mass is 19.4. The van der Waals surface area contributed by atoms with Gasteiger partial charge in [-0.3, -0.25) is 0 Å². The second-order valence-corrected chi connectivity index (χ2v) is 4.69. The van der Waals surface area contributed by atoms with Crippen molar-refractivity contribution >= 4 is 6.09 Å². The number of carbonyl (C=O) groups is 1. The summed E-state index contributed by atoms with van der Waals surface area (Å²) in [4.78, 5) is 12.3. The van der Waals surface area contributed by atoms with E-state index < -0.39 is 23.9 Å². The van der Waals surface area contributed by atoms with Gasteiger partial charge in [-0.2, -0.15) is 13.2 Å². The molecular formula is C13H15F3N2O2. The van der Waals surface area contributed by atoms with Crippen molar-refractivity contribution in [3.63, 3.8) is 0 Å². The lowest BCUT2D eigenvalue weighted by Crippen LogP contribution is -2.54. The molecule has 20 heavy (non-hydrogen) atoms. The first-order valence-corrected chi connectivity index (χ1v) is 6.25. The molecule has 0 saturated carbocycles. The Balaban J connectivity index is 2.23. The predicted molar refractivity (Wildman–Crippen MR) is 66.5 cm³/mol. The molecule has 0 bridgehead atoms. The lowest BCUT2D eigenvalue weighted by Gasteiger charge is -2.34. The number of rotatable bonds is 2. The molecule has 2 N–H and O–H groups in total. The lowest BCUT2D eigenvalue weighted by molar-refractivity contribution is -0.138. The number of alkyl halides is 3. The quantitative estimate of drug-likeness (QED) is 0.877. The monoisotopic (exact) mass is 288 g/mol. The van der Waals surface area contributed by atoms with Crippen molar-refractivity contribution in [3.05, 3.63) is 35.4 Å². The Morgan fingerprint density at radius 3 is 2.75 bits per heavy atom. The van der Waals surface area contributed by atoms with Crippen LogP contribution >= 0.6 is 0 Å². The van der Waals surface area contributed by atoms with Gasteiger partial charge in [-0.1, -0.05) is 18.2 Å². The SMILES string of the molecule is O=C(O)N1CCNCC1Cc1ccccc1C(F)(F)F. The van der Waals surface area contributed by atoms with Crippen LogP contribution in [0.5, 0.6) is 0 Å². The number of nitrogens with zero attached hydrogens (tertiary/aromatic N) is 1. The van der Waals surface area contributed by atoms with Crippen LogP contribution in [-0.4, -0.2) is 41.8 Å². The van der Waals surface area contributed by atoms with Crippen molar-refractivity contribution in [2.45, 2.75) is 18.6 Å². The van der Waals surface area contributed by atoms with Gasteiger partial charge in [0.15, 0.2) is 0 Å². The molecule has 0 spiro atoms. The number of amides is 1. The van der Waals surface area contributed by atoms with Gasteiger partial charge in [0.25, 0.3) is 0 Å². The Morgan fingerprint density at radius 2 is 2.10 bits per heavy atom. The fourth-order valence-electron chi connectivity index (χ4n) is 2.42. The van der Waals surface area contributed by atoms with Gasteiger partial charge < -0.3 is 15.3 Å². The summed E-state index contributed by atoms with van der Waals surface area (Å²) >= 11 is 0. The zero-order valence-electron chi connectivity index (χ0n) is 10.7.